The van der Waals surface area contributed by atoms with Crippen LogP contribution in [0.3, 0.4) is 0 Å². The fourth-order valence-corrected chi connectivity index (χ4v) is 3.92. The third-order valence-corrected chi connectivity index (χ3v) is 5.04. The number of para-hydroxylation sites is 1. The largest absolute Gasteiger partial charge is 0.383 e. The van der Waals surface area contributed by atoms with Gasteiger partial charge in [-0.3, -0.25) is 9.36 Å². The second kappa shape index (κ2) is 8.32. The molecule has 3 aromatic rings. The predicted molar refractivity (Wildman–Crippen MR) is 103 cm³/mol. The Kier molecular flexibility index (Phi) is 5.89. The van der Waals surface area contributed by atoms with Gasteiger partial charge in [-0.05, 0) is 31.0 Å². The van der Waals surface area contributed by atoms with Crippen LogP contribution in [0.25, 0.3) is 10.9 Å². The molecule has 5 heteroatoms. The summed E-state index contributed by atoms with van der Waals surface area (Å²) in [6.45, 7) is 2.47. The van der Waals surface area contributed by atoms with Gasteiger partial charge in [-0.25, -0.2) is 4.98 Å². The van der Waals surface area contributed by atoms with E-state index in [1.165, 1.54) is 5.56 Å². The molecule has 25 heavy (non-hydrogen) atoms. The summed E-state index contributed by atoms with van der Waals surface area (Å²) in [5.74, 6) is 0.870. The van der Waals surface area contributed by atoms with E-state index in [0.717, 1.165) is 22.8 Å². The number of thioether (sulfide) groups is 1. The van der Waals surface area contributed by atoms with E-state index < -0.39 is 0 Å². The lowest BCUT2D eigenvalue weighted by Gasteiger charge is -2.18. The fraction of sp³-hybridized carbons (Fsp3) is 0.300. The van der Waals surface area contributed by atoms with Crippen LogP contribution in [0, 0.1) is 0 Å². The predicted octanol–water partition coefficient (Wildman–Crippen LogP) is 3.94. The molecule has 0 aliphatic heterocycles. The van der Waals surface area contributed by atoms with E-state index in [2.05, 4.69) is 12.1 Å². The summed E-state index contributed by atoms with van der Waals surface area (Å²) < 4.78 is 7.02. The Balaban J connectivity index is 1.91. The minimum absolute atomic E-state index is 0.00244. The molecule has 4 nitrogen and oxygen atoms in total. The molecule has 0 saturated carbocycles. The van der Waals surface area contributed by atoms with Gasteiger partial charge in [0, 0.05) is 12.9 Å². The van der Waals surface area contributed by atoms with E-state index in [4.69, 9.17) is 9.72 Å². The lowest BCUT2D eigenvalue weighted by molar-refractivity contribution is 0.156. The Morgan fingerprint density at radius 3 is 2.60 bits per heavy atom. The van der Waals surface area contributed by atoms with Crippen LogP contribution in [0.15, 0.2) is 64.5 Å². The van der Waals surface area contributed by atoms with Crippen molar-refractivity contribution in [2.75, 3.05) is 19.5 Å². The molecule has 1 heterocycles. The van der Waals surface area contributed by atoms with Crippen LogP contribution in [-0.2, 0) is 11.2 Å². The van der Waals surface area contributed by atoms with Crippen molar-refractivity contribution in [3.63, 3.8) is 0 Å². The van der Waals surface area contributed by atoms with Gasteiger partial charge < -0.3 is 4.74 Å². The second-order valence-corrected chi connectivity index (χ2v) is 7.04. The lowest BCUT2D eigenvalue weighted by Crippen LogP contribution is -2.28. The normalized spacial score (nSPS) is 12.4. The summed E-state index contributed by atoms with van der Waals surface area (Å²) in [6, 6.07) is 17.8. The van der Waals surface area contributed by atoms with Gasteiger partial charge in [0.05, 0.1) is 23.6 Å². The van der Waals surface area contributed by atoms with Gasteiger partial charge in [0.15, 0.2) is 5.16 Å². The van der Waals surface area contributed by atoms with Crippen molar-refractivity contribution in [3.05, 3.63) is 70.5 Å². The average molecular weight is 354 g/mol. The van der Waals surface area contributed by atoms with Gasteiger partial charge in [0.25, 0.3) is 5.56 Å². The van der Waals surface area contributed by atoms with E-state index in [-0.39, 0.29) is 11.6 Å². The zero-order valence-corrected chi connectivity index (χ0v) is 15.3. The minimum atomic E-state index is -0.0613. The Bertz CT molecular complexity index is 893. The zero-order chi connectivity index (χ0) is 17.6. The van der Waals surface area contributed by atoms with Crippen molar-refractivity contribution in [3.8, 4) is 0 Å². The first-order chi connectivity index (χ1) is 12.2. The molecule has 0 unspecified atom stereocenters. The maximum atomic E-state index is 13.0. The van der Waals surface area contributed by atoms with Crippen molar-refractivity contribution in [2.24, 2.45) is 0 Å². The number of benzene rings is 2. The summed E-state index contributed by atoms with van der Waals surface area (Å²) in [4.78, 5) is 17.7. The molecule has 0 N–H and O–H groups in total. The molecule has 0 fully saturated rings. The summed E-state index contributed by atoms with van der Waals surface area (Å²) in [5.41, 5.74) is 2.03. The Labute approximate surface area is 151 Å². The molecule has 0 aliphatic rings. The molecule has 0 saturated heterocycles. The molecule has 2 aromatic carbocycles. The maximum Gasteiger partial charge on any atom is 0.262 e. The van der Waals surface area contributed by atoms with Crippen LogP contribution in [0.1, 0.15) is 18.5 Å². The van der Waals surface area contributed by atoms with Crippen LogP contribution >= 0.6 is 11.8 Å². The van der Waals surface area contributed by atoms with Gasteiger partial charge in [-0.15, -0.1) is 0 Å². The minimum Gasteiger partial charge on any atom is -0.383 e. The van der Waals surface area contributed by atoms with Crippen LogP contribution in [0.4, 0.5) is 0 Å². The first-order valence-corrected chi connectivity index (χ1v) is 9.36. The van der Waals surface area contributed by atoms with Crippen LogP contribution < -0.4 is 5.56 Å². The topological polar surface area (TPSA) is 44.1 Å². The summed E-state index contributed by atoms with van der Waals surface area (Å²) in [5, 5.41) is 1.40. The standard InChI is InChI=1S/C20H22N2O2S/c1-15(14-24-2)22-19(23)17-10-6-7-11-18(17)21-20(22)25-13-12-16-8-4-3-5-9-16/h3-11,15H,12-14H2,1-2H3/t15-/m0/s1. The Morgan fingerprint density at radius 1 is 1.12 bits per heavy atom. The van der Waals surface area contributed by atoms with Gasteiger partial charge in [-0.1, -0.05) is 54.2 Å². The number of aryl methyl sites for hydroxylation is 1. The summed E-state index contributed by atoms with van der Waals surface area (Å²) >= 11 is 1.62. The number of nitrogens with zero attached hydrogens (tertiary/aromatic N) is 2. The first-order valence-electron chi connectivity index (χ1n) is 8.37. The van der Waals surface area contributed by atoms with E-state index in [9.17, 15) is 4.79 Å². The van der Waals surface area contributed by atoms with Gasteiger partial charge in [0.2, 0.25) is 0 Å². The summed E-state index contributed by atoms with van der Waals surface area (Å²) in [6.07, 6.45) is 0.937. The van der Waals surface area contributed by atoms with Crippen molar-refractivity contribution in [2.45, 2.75) is 24.5 Å². The van der Waals surface area contributed by atoms with Gasteiger partial charge in [0.1, 0.15) is 0 Å². The van der Waals surface area contributed by atoms with E-state index in [1.54, 1.807) is 23.4 Å². The number of aromatic nitrogens is 2. The lowest BCUT2D eigenvalue weighted by atomic mass is 10.2. The molecule has 0 spiro atoms. The third kappa shape index (κ3) is 4.11. The Hall–Kier alpha value is -2.11. The molecule has 0 bridgehead atoms. The maximum absolute atomic E-state index is 13.0. The second-order valence-electron chi connectivity index (χ2n) is 5.98. The highest BCUT2D eigenvalue weighted by atomic mass is 32.2. The molecule has 0 radical (unpaired) electrons. The van der Waals surface area contributed by atoms with Crippen molar-refractivity contribution in [1.82, 2.24) is 9.55 Å². The van der Waals surface area contributed by atoms with Crippen LogP contribution in [-0.4, -0.2) is 29.0 Å². The molecule has 0 amide bonds. The third-order valence-electron chi connectivity index (χ3n) is 4.09. The average Bonchev–Trinajstić information content (AvgIpc) is 2.63. The number of hydrogen-bond donors (Lipinski definition) is 0. The van der Waals surface area contributed by atoms with E-state index in [0.29, 0.717) is 12.0 Å². The number of rotatable bonds is 7. The molecular weight excluding hydrogens is 332 g/mol. The number of methoxy groups -OCH3 is 1. The highest BCUT2D eigenvalue weighted by molar-refractivity contribution is 7.99. The van der Waals surface area contributed by atoms with E-state index >= 15 is 0 Å². The van der Waals surface area contributed by atoms with Gasteiger partial charge in [-0.2, -0.15) is 0 Å². The fourth-order valence-electron chi connectivity index (χ4n) is 2.84. The highest BCUT2D eigenvalue weighted by Gasteiger charge is 2.16. The monoisotopic (exact) mass is 354 g/mol. The molecule has 0 aliphatic carbocycles. The molecular formula is C20H22N2O2S. The Morgan fingerprint density at radius 2 is 1.84 bits per heavy atom. The smallest absolute Gasteiger partial charge is 0.262 e. The zero-order valence-electron chi connectivity index (χ0n) is 14.5. The number of hydrogen-bond acceptors (Lipinski definition) is 4. The summed E-state index contributed by atoms with van der Waals surface area (Å²) in [7, 11) is 1.65. The van der Waals surface area contributed by atoms with Crippen LogP contribution in [0.2, 0.25) is 0 Å². The number of fused-ring (bicyclic) bond motifs is 1. The molecule has 130 valence electrons. The molecule has 1 atom stereocenters. The molecule has 1 aromatic heterocycles. The van der Waals surface area contributed by atoms with Crippen LogP contribution in [0.5, 0.6) is 0 Å². The highest BCUT2D eigenvalue weighted by Crippen LogP contribution is 2.22. The SMILES string of the molecule is COC[C@H](C)n1c(SCCc2ccccc2)nc2ccccc2c1=O. The van der Waals surface area contributed by atoms with E-state index in [1.807, 2.05) is 49.4 Å². The van der Waals surface area contributed by atoms with Gasteiger partial charge >= 0.3 is 0 Å². The van der Waals surface area contributed by atoms with Crippen molar-refractivity contribution < 1.29 is 4.74 Å². The van der Waals surface area contributed by atoms with Crippen molar-refractivity contribution in [1.29, 1.82) is 0 Å². The first kappa shape index (κ1) is 17.7. The quantitative estimate of drug-likeness (QED) is 0.476. The molecule has 3 rings (SSSR count). The van der Waals surface area contributed by atoms with Crippen molar-refractivity contribution >= 4 is 22.7 Å². The number of ether oxygens (including phenoxy) is 1.